The van der Waals surface area contributed by atoms with Crippen molar-refractivity contribution in [3.05, 3.63) is 30.1 Å². The maximum atomic E-state index is 4.42. The summed E-state index contributed by atoms with van der Waals surface area (Å²) in [5, 5.41) is 3.64. The van der Waals surface area contributed by atoms with Crippen LogP contribution in [0.3, 0.4) is 0 Å². The zero-order chi connectivity index (χ0) is 12.5. The second-order valence-electron chi connectivity index (χ2n) is 4.93. The first-order valence-electron chi connectivity index (χ1n) is 6.89. The minimum atomic E-state index is 0.569. The van der Waals surface area contributed by atoms with E-state index < -0.39 is 0 Å². The van der Waals surface area contributed by atoms with Crippen LogP contribution in [-0.2, 0) is 6.42 Å². The molecule has 2 heteroatoms. The van der Waals surface area contributed by atoms with E-state index in [0.717, 1.165) is 18.9 Å². The van der Waals surface area contributed by atoms with Gasteiger partial charge < -0.3 is 5.32 Å². The third kappa shape index (κ3) is 5.83. The highest BCUT2D eigenvalue weighted by molar-refractivity contribution is 5.05. The van der Waals surface area contributed by atoms with Crippen LogP contribution < -0.4 is 5.32 Å². The first-order valence-corrected chi connectivity index (χ1v) is 6.89. The summed E-state index contributed by atoms with van der Waals surface area (Å²) in [6, 6.07) is 6.74. The van der Waals surface area contributed by atoms with Crippen molar-refractivity contribution in [2.45, 2.75) is 52.5 Å². The Morgan fingerprint density at radius 1 is 1.29 bits per heavy atom. The molecule has 0 fully saturated rings. The monoisotopic (exact) mass is 234 g/mol. The minimum Gasteiger partial charge on any atom is -0.314 e. The summed E-state index contributed by atoms with van der Waals surface area (Å²) in [6.45, 7) is 7.92. The van der Waals surface area contributed by atoms with Crippen molar-refractivity contribution in [2.24, 2.45) is 5.92 Å². The Labute approximate surface area is 106 Å². The average molecular weight is 234 g/mol. The second kappa shape index (κ2) is 8.24. The first kappa shape index (κ1) is 14.2. The summed E-state index contributed by atoms with van der Waals surface area (Å²) in [6.07, 6.45) is 6.62. The van der Waals surface area contributed by atoms with E-state index in [1.807, 2.05) is 12.3 Å². The molecule has 1 aromatic rings. The molecule has 0 aliphatic rings. The number of nitrogens with one attached hydrogen (secondary N) is 1. The molecule has 0 saturated carbocycles. The molecule has 0 amide bonds. The van der Waals surface area contributed by atoms with Gasteiger partial charge in [-0.05, 0) is 37.4 Å². The third-order valence-corrected chi connectivity index (χ3v) is 3.25. The van der Waals surface area contributed by atoms with Crippen molar-refractivity contribution in [3.8, 4) is 0 Å². The molecular formula is C15H26N2. The van der Waals surface area contributed by atoms with E-state index >= 15 is 0 Å². The molecule has 2 nitrogen and oxygen atoms in total. The molecule has 2 unspecified atom stereocenters. The Hall–Kier alpha value is -0.890. The molecule has 0 bridgehead atoms. The van der Waals surface area contributed by atoms with Crippen LogP contribution in [0.1, 0.15) is 45.7 Å². The molecular weight excluding hydrogens is 208 g/mol. The summed E-state index contributed by atoms with van der Waals surface area (Å²) < 4.78 is 0. The Morgan fingerprint density at radius 3 is 2.71 bits per heavy atom. The van der Waals surface area contributed by atoms with Gasteiger partial charge in [-0.2, -0.15) is 0 Å². The smallest absolute Gasteiger partial charge is 0.0419 e. The van der Waals surface area contributed by atoms with Gasteiger partial charge in [0.15, 0.2) is 0 Å². The average Bonchev–Trinajstić information content (AvgIpc) is 2.37. The lowest BCUT2D eigenvalue weighted by molar-refractivity contribution is 0.389. The SMILES string of the molecule is CCCNC(Cc1ccccn1)CC(C)CC. The fourth-order valence-electron chi connectivity index (χ4n) is 2.01. The molecule has 1 N–H and O–H groups in total. The van der Waals surface area contributed by atoms with Gasteiger partial charge in [0.1, 0.15) is 0 Å². The molecule has 1 rings (SSSR count). The molecule has 0 aliphatic heterocycles. The van der Waals surface area contributed by atoms with E-state index in [-0.39, 0.29) is 0 Å². The molecule has 0 aliphatic carbocycles. The Morgan fingerprint density at radius 2 is 2.12 bits per heavy atom. The zero-order valence-corrected chi connectivity index (χ0v) is 11.4. The van der Waals surface area contributed by atoms with Gasteiger partial charge in [0.25, 0.3) is 0 Å². The van der Waals surface area contributed by atoms with Gasteiger partial charge in [-0.3, -0.25) is 4.98 Å². The molecule has 0 radical (unpaired) electrons. The van der Waals surface area contributed by atoms with Crippen LogP contribution in [0.15, 0.2) is 24.4 Å². The second-order valence-corrected chi connectivity index (χ2v) is 4.93. The number of hydrogen-bond donors (Lipinski definition) is 1. The molecule has 0 saturated heterocycles. The number of nitrogens with zero attached hydrogens (tertiary/aromatic N) is 1. The van der Waals surface area contributed by atoms with Gasteiger partial charge >= 0.3 is 0 Å². The molecule has 17 heavy (non-hydrogen) atoms. The largest absolute Gasteiger partial charge is 0.314 e. The van der Waals surface area contributed by atoms with Gasteiger partial charge in [0, 0.05) is 24.4 Å². The summed E-state index contributed by atoms with van der Waals surface area (Å²) >= 11 is 0. The van der Waals surface area contributed by atoms with Crippen LogP contribution in [0, 0.1) is 5.92 Å². The molecule has 0 spiro atoms. The summed E-state index contributed by atoms with van der Waals surface area (Å²) in [7, 11) is 0. The standard InChI is InChI=1S/C15H26N2/c1-4-9-16-15(11-13(3)5-2)12-14-8-6-7-10-17-14/h6-8,10,13,15-16H,4-5,9,11-12H2,1-3H3. The lowest BCUT2D eigenvalue weighted by Crippen LogP contribution is -2.33. The Bertz CT molecular complexity index is 284. The fraction of sp³-hybridized carbons (Fsp3) is 0.667. The lowest BCUT2D eigenvalue weighted by atomic mass is 9.96. The van der Waals surface area contributed by atoms with Crippen molar-refractivity contribution in [2.75, 3.05) is 6.54 Å². The van der Waals surface area contributed by atoms with Gasteiger partial charge in [0.05, 0.1) is 0 Å². The van der Waals surface area contributed by atoms with Crippen LogP contribution in [0.5, 0.6) is 0 Å². The van der Waals surface area contributed by atoms with E-state index in [1.54, 1.807) is 0 Å². The van der Waals surface area contributed by atoms with Gasteiger partial charge in [-0.25, -0.2) is 0 Å². The van der Waals surface area contributed by atoms with E-state index in [9.17, 15) is 0 Å². The van der Waals surface area contributed by atoms with Crippen molar-refractivity contribution < 1.29 is 0 Å². The van der Waals surface area contributed by atoms with E-state index in [1.165, 1.54) is 25.0 Å². The summed E-state index contributed by atoms with van der Waals surface area (Å²) in [5.41, 5.74) is 1.20. The van der Waals surface area contributed by atoms with Gasteiger partial charge in [-0.1, -0.05) is 33.3 Å². The molecule has 1 aromatic heterocycles. The van der Waals surface area contributed by atoms with Crippen LogP contribution in [-0.4, -0.2) is 17.6 Å². The van der Waals surface area contributed by atoms with Crippen molar-refractivity contribution >= 4 is 0 Å². The predicted octanol–water partition coefficient (Wildman–Crippen LogP) is 3.43. The summed E-state index contributed by atoms with van der Waals surface area (Å²) in [4.78, 5) is 4.42. The van der Waals surface area contributed by atoms with E-state index in [0.29, 0.717) is 6.04 Å². The van der Waals surface area contributed by atoms with Crippen molar-refractivity contribution in [1.29, 1.82) is 0 Å². The normalized spacial score (nSPS) is 14.5. The van der Waals surface area contributed by atoms with Crippen LogP contribution >= 0.6 is 0 Å². The minimum absolute atomic E-state index is 0.569. The number of aromatic nitrogens is 1. The third-order valence-electron chi connectivity index (χ3n) is 3.25. The predicted molar refractivity (Wildman–Crippen MR) is 74.1 cm³/mol. The molecule has 1 heterocycles. The van der Waals surface area contributed by atoms with E-state index in [2.05, 4.69) is 43.2 Å². The maximum Gasteiger partial charge on any atom is 0.0419 e. The quantitative estimate of drug-likeness (QED) is 0.745. The highest BCUT2D eigenvalue weighted by atomic mass is 14.9. The molecule has 2 atom stereocenters. The Balaban J connectivity index is 2.50. The Kier molecular flexibility index (Phi) is 6.87. The number of pyridine rings is 1. The lowest BCUT2D eigenvalue weighted by Gasteiger charge is -2.21. The van der Waals surface area contributed by atoms with Crippen LogP contribution in [0.25, 0.3) is 0 Å². The highest BCUT2D eigenvalue weighted by Crippen LogP contribution is 2.13. The fourth-order valence-corrected chi connectivity index (χ4v) is 2.01. The van der Waals surface area contributed by atoms with E-state index in [4.69, 9.17) is 0 Å². The van der Waals surface area contributed by atoms with Crippen LogP contribution in [0.2, 0.25) is 0 Å². The maximum absolute atomic E-state index is 4.42. The topological polar surface area (TPSA) is 24.9 Å². The van der Waals surface area contributed by atoms with Gasteiger partial charge in [-0.15, -0.1) is 0 Å². The zero-order valence-electron chi connectivity index (χ0n) is 11.4. The molecule has 96 valence electrons. The number of rotatable bonds is 8. The van der Waals surface area contributed by atoms with Crippen LogP contribution in [0.4, 0.5) is 0 Å². The van der Waals surface area contributed by atoms with Gasteiger partial charge in [0.2, 0.25) is 0 Å². The first-order chi connectivity index (χ1) is 8.26. The highest BCUT2D eigenvalue weighted by Gasteiger charge is 2.12. The number of hydrogen-bond acceptors (Lipinski definition) is 2. The molecule has 0 aromatic carbocycles. The van der Waals surface area contributed by atoms with Crippen molar-refractivity contribution in [3.63, 3.8) is 0 Å². The van der Waals surface area contributed by atoms with Crippen molar-refractivity contribution in [1.82, 2.24) is 10.3 Å². The summed E-state index contributed by atoms with van der Waals surface area (Å²) in [5.74, 6) is 0.785.